The van der Waals surface area contributed by atoms with Crippen LogP contribution in [0.4, 0.5) is 0 Å². The molecule has 0 bridgehead atoms. The van der Waals surface area contributed by atoms with Gasteiger partial charge in [0.25, 0.3) is 0 Å². The first-order chi connectivity index (χ1) is 14.1. The summed E-state index contributed by atoms with van der Waals surface area (Å²) in [5.74, 6) is 1.54. The van der Waals surface area contributed by atoms with Crippen LogP contribution in [0.2, 0.25) is 5.02 Å². The largest absolute Gasteiger partial charge is 0.489 e. The zero-order chi connectivity index (χ0) is 20.0. The number of nitrogens with zero attached hydrogens (tertiary/aromatic N) is 1. The summed E-state index contributed by atoms with van der Waals surface area (Å²) in [6.07, 6.45) is 4.71. The van der Waals surface area contributed by atoms with E-state index in [-0.39, 0.29) is 11.9 Å². The van der Waals surface area contributed by atoms with Gasteiger partial charge in [-0.1, -0.05) is 29.8 Å². The summed E-state index contributed by atoms with van der Waals surface area (Å²) >= 11 is 6.46. The molecule has 2 fully saturated rings. The predicted molar refractivity (Wildman–Crippen MR) is 112 cm³/mol. The molecule has 1 aliphatic heterocycles. The Hall–Kier alpha value is -2.04. The van der Waals surface area contributed by atoms with Crippen LogP contribution in [0.15, 0.2) is 36.4 Å². The maximum atomic E-state index is 11.6. The Kier molecular flexibility index (Phi) is 5.00. The molecule has 0 amide bonds. The Labute approximate surface area is 176 Å². The number of fused-ring (bicyclic) bond motifs is 1. The van der Waals surface area contributed by atoms with E-state index in [1.165, 1.54) is 36.6 Å². The average molecular weight is 412 g/mol. The third-order valence-electron chi connectivity index (χ3n) is 6.57. The number of hydrogen-bond donors (Lipinski definition) is 0. The summed E-state index contributed by atoms with van der Waals surface area (Å²) < 4.78 is 10.9. The second-order valence-electron chi connectivity index (χ2n) is 8.50. The summed E-state index contributed by atoms with van der Waals surface area (Å²) in [5.41, 5.74) is 5.10. The predicted octanol–water partition coefficient (Wildman–Crippen LogP) is 4.89. The number of benzene rings is 2. The van der Waals surface area contributed by atoms with E-state index < -0.39 is 0 Å². The van der Waals surface area contributed by atoms with Crippen LogP contribution in [0.25, 0.3) is 0 Å². The molecule has 1 saturated heterocycles. The van der Waals surface area contributed by atoms with Gasteiger partial charge >= 0.3 is 5.97 Å². The minimum absolute atomic E-state index is 0.0303. The van der Waals surface area contributed by atoms with Gasteiger partial charge in [-0.05, 0) is 66.5 Å². The lowest BCUT2D eigenvalue weighted by Crippen LogP contribution is -2.51. The van der Waals surface area contributed by atoms with E-state index in [4.69, 9.17) is 21.1 Å². The molecular formula is C24H26ClNO3. The number of aryl methyl sites for hydroxylation is 1. The summed E-state index contributed by atoms with van der Waals surface area (Å²) in [7, 11) is 1.46. The number of esters is 1. The number of carbonyl (C=O) groups excluding carboxylic acids is 1. The van der Waals surface area contributed by atoms with Crippen molar-refractivity contribution in [3.8, 4) is 5.75 Å². The summed E-state index contributed by atoms with van der Waals surface area (Å²) in [6.45, 7) is 2.08. The van der Waals surface area contributed by atoms with Gasteiger partial charge in [-0.2, -0.15) is 0 Å². The van der Waals surface area contributed by atoms with Crippen molar-refractivity contribution in [2.75, 3.05) is 20.2 Å². The van der Waals surface area contributed by atoms with Gasteiger partial charge in [0.15, 0.2) is 0 Å². The van der Waals surface area contributed by atoms with Crippen LogP contribution >= 0.6 is 11.6 Å². The Bertz CT molecular complexity index is 934. The molecule has 2 aliphatic carbocycles. The number of halogens is 1. The average Bonchev–Trinajstić information content (AvgIpc) is 3.47. The van der Waals surface area contributed by atoms with Crippen LogP contribution in [-0.4, -0.2) is 31.1 Å². The number of likely N-dealkylation sites (tertiary alicyclic amines) is 1. The first-order valence-electron chi connectivity index (χ1n) is 10.5. The number of carbonyl (C=O) groups is 1. The lowest BCUT2D eigenvalue weighted by Gasteiger charge is -2.41. The quantitative estimate of drug-likeness (QED) is 0.634. The van der Waals surface area contributed by atoms with Crippen molar-refractivity contribution in [3.05, 3.63) is 63.7 Å². The molecule has 1 atom stereocenters. The second kappa shape index (κ2) is 7.66. The van der Waals surface area contributed by atoms with Crippen molar-refractivity contribution in [1.82, 2.24) is 4.90 Å². The van der Waals surface area contributed by atoms with E-state index in [1.807, 2.05) is 0 Å². The molecule has 0 radical (unpaired) electrons. The molecule has 152 valence electrons. The van der Waals surface area contributed by atoms with E-state index >= 15 is 0 Å². The standard InChI is InChI=1S/C24H26ClNO3/c1-28-24(27)19-12-26(13-19)23-9-6-17-10-20(7-8-21(17)23)29-14-18-5-4-16(11-22(18)25)15-2-3-15/h4-5,7-8,10-11,15,19,23H,2-3,6,9,12-14H2,1H3. The van der Waals surface area contributed by atoms with Crippen molar-refractivity contribution in [2.24, 2.45) is 5.92 Å². The van der Waals surface area contributed by atoms with Crippen LogP contribution in [0.3, 0.4) is 0 Å². The SMILES string of the molecule is COC(=O)C1CN(C2CCc3cc(OCc4ccc(C5CC5)cc4Cl)ccc32)C1. The molecule has 2 aromatic carbocycles. The maximum Gasteiger partial charge on any atom is 0.311 e. The molecule has 1 heterocycles. The number of hydrogen-bond acceptors (Lipinski definition) is 4. The Morgan fingerprint density at radius 3 is 2.69 bits per heavy atom. The van der Waals surface area contributed by atoms with Gasteiger partial charge in [-0.3, -0.25) is 9.69 Å². The van der Waals surface area contributed by atoms with Gasteiger partial charge in [-0.25, -0.2) is 0 Å². The van der Waals surface area contributed by atoms with Gasteiger partial charge in [0, 0.05) is 29.7 Å². The molecule has 0 N–H and O–H groups in total. The van der Waals surface area contributed by atoms with E-state index in [1.54, 1.807) is 0 Å². The summed E-state index contributed by atoms with van der Waals surface area (Å²) in [4.78, 5) is 14.0. The van der Waals surface area contributed by atoms with Gasteiger partial charge in [-0.15, -0.1) is 0 Å². The molecule has 1 unspecified atom stereocenters. The van der Waals surface area contributed by atoms with E-state index in [9.17, 15) is 4.79 Å². The lowest BCUT2D eigenvalue weighted by atomic mass is 9.95. The number of rotatable bonds is 6. The van der Waals surface area contributed by atoms with Gasteiger partial charge < -0.3 is 9.47 Å². The fraction of sp³-hybridized carbons (Fsp3) is 0.458. The molecule has 5 heteroatoms. The van der Waals surface area contributed by atoms with Crippen molar-refractivity contribution >= 4 is 17.6 Å². The molecule has 0 aromatic heterocycles. The highest BCUT2D eigenvalue weighted by Crippen LogP contribution is 2.42. The molecule has 0 spiro atoms. The highest BCUT2D eigenvalue weighted by molar-refractivity contribution is 6.31. The van der Waals surface area contributed by atoms with Crippen LogP contribution in [0.1, 0.15) is 53.5 Å². The molecule has 29 heavy (non-hydrogen) atoms. The highest BCUT2D eigenvalue weighted by atomic mass is 35.5. The number of methoxy groups -OCH3 is 1. The van der Waals surface area contributed by atoms with Crippen molar-refractivity contribution < 1.29 is 14.3 Å². The Morgan fingerprint density at radius 2 is 1.97 bits per heavy atom. The van der Waals surface area contributed by atoms with Crippen molar-refractivity contribution in [2.45, 2.75) is 44.2 Å². The third kappa shape index (κ3) is 3.76. The van der Waals surface area contributed by atoms with Crippen LogP contribution in [0.5, 0.6) is 5.75 Å². The fourth-order valence-corrected chi connectivity index (χ4v) is 4.88. The first kappa shape index (κ1) is 19.0. The summed E-state index contributed by atoms with van der Waals surface area (Å²) in [6, 6.07) is 13.2. The first-order valence-corrected chi connectivity index (χ1v) is 10.9. The Balaban J connectivity index is 1.21. The van der Waals surface area contributed by atoms with Gasteiger partial charge in [0.2, 0.25) is 0 Å². The molecule has 3 aliphatic rings. The normalized spacial score (nSPS) is 21.5. The smallest absolute Gasteiger partial charge is 0.311 e. The summed E-state index contributed by atoms with van der Waals surface area (Å²) in [5, 5.41) is 0.800. The van der Waals surface area contributed by atoms with E-state index in [0.717, 1.165) is 42.3 Å². The van der Waals surface area contributed by atoms with Gasteiger partial charge in [0.05, 0.1) is 13.0 Å². The van der Waals surface area contributed by atoms with Crippen LogP contribution in [-0.2, 0) is 22.6 Å². The molecule has 5 rings (SSSR count). The van der Waals surface area contributed by atoms with Crippen LogP contribution < -0.4 is 4.74 Å². The fourth-order valence-electron chi connectivity index (χ4n) is 4.64. The minimum Gasteiger partial charge on any atom is -0.489 e. The zero-order valence-electron chi connectivity index (χ0n) is 16.7. The molecule has 2 aromatic rings. The van der Waals surface area contributed by atoms with E-state index in [2.05, 4.69) is 41.3 Å². The Morgan fingerprint density at radius 1 is 1.14 bits per heavy atom. The maximum absolute atomic E-state index is 11.6. The topological polar surface area (TPSA) is 38.8 Å². The minimum atomic E-state index is -0.0907. The lowest BCUT2D eigenvalue weighted by molar-refractivity contribution is -0.152. The highest BCUT2D eigenvalue weighted by Gasteiger charge is 2.40. The molecule has 4 nitrogen and oxygen atoms in total. The third-order valence-corrected chi connectivity index (χ3v) is 6.92. The van der Waals surface area contributed by atoms with Crippen molar-refractivity contribution in [1.29, 1.82) is 0 Å². The zero-order valence-corrected chi connectivity index (χ0v) is 17.5. The monoisotopic (exact) mass is 411 g/mol. The molecular weight excluding hydrogens is 386 g/mol. The van der Waals surface area contributed by atoms with E-state index in [0.29, 0.717) is 18.6 Å². The van der Waals surface area contributed by atoms with Crippen molar-refractivity contribution in [3.63, 3.8) is 0 Å². The van der Waals surface area contributed by atoms with Crippen LogP contribution in [0, 0.1) is 5.92 Å². The second-order valence-corrected chi connectivity index (χ2v) is 8.91. The van der Waals surface area contributed by atoms with Gasteiger partial charge in [0.1, 0.15) is 12.4 Å². The number of ether oxygens (including phenoxy) is 2. The molecule has 1 saturated carbocycles.